The van der Waals surface area contributed by atoms with Gasteiger partial charge in [-0.2, -0.15) is 5.10 Å². The van der Waals surface area contributed by atoms with Gasteiger partial charge in [0.15, 0.2) is 12.4 Å². The number of amides is 2. The minimum atomic E-state index is -0.294. The Morgan fingerprint density at radius 2 is 1.86 bits per heavy atom. The molecule has 3 N–H and O–H groups in total. The van der Waals surface area contributed by atoms with Crippen LogP contribution in [0.4, 0.5) is 11.5 Å². The third-order valence-electron chi connectivity index (χ3n) is 7.67. The lowest BCUT2D eigenvalue weighted by Crippen LogP contribution is -2.44. The highest BCUT2D eigenvalue weighted by Gasteiger charge is 2.27. The number of rotatable bonds is 10. The quantitative estimate of drug-likeness (QED) is 0.226. The molecule has 5 rings (SSSR count). The smallest absolute Gasteiger partial charge is 0.258 e. The summed E-state index contributed by atoms with van der Waals surface area (Å²) in [4.78, 5) is 37.1. The van der Waals surface area contributed by atoms with E-state index in [1.165, 1.54) is 0 Å². The standard InChI is InChI=1S/C33H39N7O3/c1-6-33(4,5)39-29(41)20-43-26-9-7-8-23(16-26)30-37-28-14-15-40(32(42)21(2)3)19-27(28)31(38-30)36-25-12-10-22(11-13-25)24-17-34-35-18-24/h7-13,16-18,21H,6,14-15,19-20H2,1-5H3,(H,34,35)(H,39,41)(H,36,37,38). The number of hydrogen-bond acceptors (Lipinski definition) is 7. The maximum absolute atomic E-state index is 12.9. The lowest BCUT2D eigenvalue weighted by Gasteiger charge is -2.31. The number of nitrogens with zero attached hydrogens (tertiary/aromatic N) is 4. The number of carbonyl (C=O) groups excluding carboxylic acids is 2. The van der Waals surface area contributed by atoms with Gasteiger partial charge in [-0.25, -0.2) is 9.97 Å². The molecule has 0 spiro atoms. The maximum Gasteiger partial charge on any atom is 0.258 e. The zero-order valence-corrected chi connectivity index (χ0v) is 25.4. The second kappa shape index (κ2) is 12.6. The Labute approximate surface area is 252 Å². The van der Waals surface area contributed by atoms with Gasteiger partial charge in [0, 0.05) is 53.0 Å². The van der Waals surface area contributed by atoms with Crippen molar-refractivity contribution in [2.75, 3.05) is 18.5 Å². The number of aromatic amines is 1. The van der Waals surface area contributed by atoms with E-state index in [4.69, 9.17) is 14.7 Å². The highest BCUT2D eigenvalue weighted by atomic mass is 16.5. The summed E-state index contributed by atoms with van der Waals surface area (Å²) >= 11 is 0. The number of ether oxygens (including phenoxy) is 1. The Balaban J connectivity index is 1.43. The fourth-order valence-electron chi connectivity index (χ4n) is 4.87. The summed E-state index contributed by atoms with van der Waals surface area (Å²) in [5, 5.41) is 13.4. The number of benzene rings is 2. The van der Waals surface area contributed by atoms with Gasteiger partial charge < -0.3 is 20.3 Å². The van der Waals surface area contributed by atoms with E-state index < -0.39 is 0 Å². The summed E-state index contributed by atoms with van der Waals surface area (Å²) in [6.45, 7) is 10.8. The lowest BCUT2D eigenvalue weighted by atomic mass is 10.0. The zero-order chi connectivity index (χ0) is 30.6. The molecule has 1 aliphatic rings. The van der Waals surface area contributed by atoms with Crippen LogP contribution in [0.2, 0.25) is 0 Å². The lowest BCUT2D eigenvalue weighted by molar-refractivity contribution is -0.135. The number of anilines is 2. The first-order valence-electron chi connectivity index (χ1n) is 14.7. The molecule has 2 aromatic carbocycles. The van der Waals surface area contributed by atoms with E-state index >= 15 is 0 Å². The normalized spacial score (nSPS) is 13.0. The molecule has 10 heteroatoms. The number of H-pyrrole nitrogens is 1. The van der Waals surface area contributed by atoms with E-state index in [-0.39, 0.29) is 29.9 Å². The topological polar surface area (TPSA) is 125 Å². The molecule has 0 aliphatic carbocycles. The largest absolute Gasteiger partial charge is 0.484 e. The highest BCUT2D eigenvalue weighted by molar-refractivity contribution is 5.79. The predicted octanol–water partition coefficient (Wildman–Crippen LogP) is 5.50. The minimum Gasteiger partial charge on any atom is -0.484 e. The van der Waals surface area contributed by atoms with E-state index in [9.17, 15) is 9.59 Å². The average molecular weight is 582 g/mol. The molecule has 4 aromatic rings. The summed E-state index contributed by atoms with van der Waals surface area (Å²) in [6.07, 6.45) is 5.08. The van der Waals surface area contributed by atoms with Crippen LogP contribution in [0.5, 0.6) is 5.75 Å². The number of fused-ring (bicyclic) bond motifs is 1. The van der Waals surface area contributed by atoms with Crippen molar-refractivity contribution < 1.29 is 14.3 Å². The van der Waals surface area contributed by atoms with Crippen LogP contribution < -0.4 is 15.4 Å². The first-order chi connectivity index (χ1) is 20.6. The van der Waals surface area contributed by atoms with E-state index in [0.29, 0.717) is 36.9 Å². The van der Waals surface area contributed by atoms with Crippen molar-refractivity contribution in [3.8, 4) is 28.3 Å². The van der Waals surface area contributed by atoms with Gasteiger partial charge in [0.25, 0.3) is 5.91 Å². The molecule has 0 bridgehead atoms. The molecule has 0 unspecified atom stereocenters. The summed E-state index contributed by atoms with van der Waals surface area (Å²) in [5.74, 6) is 1.61. The molecule has 2 amide bonds. The zero-order valence-electron chi connectivity index (χ0n) is 25.4. The second-order valence-corrected chi connectivity index (χ2v) is 11.8. The minimum absolute atomic E-state index is 0.0841. The van der Waals surface area contributed by atoms with Gasteiger partial charge in [-0.3, -0.25) is 14.7 Å². The third-order valence-corrected chi connectivity index (χ3v) is 7.67. The Hall–Kier alpha value is -4.73. The molecule has 43 heavy (non-hydrogen) atoms. The molecule has 3 heterocycles. The van der Waals surface area contributed by atoms with Crippen LogP contribution in [0.15, 0.2) is 60.9 Å². The molecular weight excluding hydrogens is 542 g/mol. The number of nitrogens with one attached hydrogen (secondary N) is 3. The highest BCUT2D eigenvalue weighted by Crippen LogP contribution is 2.31. The number of hydrogen-bond donors (Lipinski definition) is 3. The molecule has 1 aliphatic heterocycles. The summed E-state index contributed by atoms with van der Waals surface area (Å²) in [5.41, 5.74) is 5.20. The van der Waals surface area contributed by atoms with Crippen molar-refractivity contribution in [1.82, 2.24) is 30.4 Å². The second-order valence-electron chi connectivity index (χ2n) is 11.8. The molecule has 10 nitrogen and oxygen atoms in total. The molecule has 0 atom stereocenters. The van der Waals surface area contributed by atoms with Gasteiger partial charge >= 0.3 is 0 Å². The van der Waals surface area contributed by atoms with Gasteiger partial charge in [0.2, 0.25) is 5.91 Å². The maximum atomic E-state index is 12.9. The molecule has 2 aromatic heterocycles. The van der Waals surface area contributed by atoms with Crippen LogP contribution >= 0.6 is 0 Å². The van der Waals surface area contributed by atoms with E-state index in [1.807, 2.05) is 94.2 Å². The van der Waals surface area contributed by atoms with Crippen LogP contribution in [-0.2, 0) is 22.6 Å². The van der Waals surface area contributed by atoms with Crippen molar-refractivity contribution in [3.05, 3.63) is 72.2 Å². The first-order valence-corrected chi connectivity index (χ1v) is 14.7. The van der Waals surface area contributed by atoms with Gasteiger partial charge in [-0.15, -0.1) is 0 Å². The molecule has 0 radical (unpaired) electrons. The van der Waals surface area contributed by atoms with Crippen molar-refractivity contribution in [3.63, 3.8) is 0 Å². The monoisotopic (exact) mass is 581 g/mol. The van der Waals surface area contributed by atoms with Crippen molar-refractivity contribution in [1.29, 1.82) is 0 Å². The van der Waals surface area contributed by atoms with Crippen LogP contribution in [0, 0.1) is 5.92 Å². The SMILES string of the molecule is CCC(C)(C)NC(=O)COc1cccc(-c2nc3c(c(Nc4ccc(-c5cn[nH]c5)cc4)n2)CN(C(=O)C(C)C)CC3)c1. The fraction of sp³-hybridized carbons (Fsp3) is 0.364. The molecule has 224 valence electrons. The Kier molecular flexibility index (Phi) is 8.75. The number of aromatic nitrogens is 4. The van der Waals surface area contributed by atoms with Crippen LogP contribution in [-0.4, -0.2) is 55.6 Å². The molecule has 0 saturated heterocycles. The van der Waals surface area contributed by atoms with E-state index in [1.54, 1.807) is 6.20 Å². The van der Waals surface area contributed by atoms with Gasteiger partial charge in [0.1, 0.15) is 11.6 Å². The Bertz CT molecular complexity index is 1580. The number of carbonyl (C=O) groups is 2. The predicted molar refractivity (Wildman–Crippen MR) is 167 cm³/mol. The fourth-order valence-corrected chi connectivity index (χ4v) is 4.87. The van der Waals surface area contributed by atoms with Crippen LogP contribution in [0.3, 0.4) is 0 Å². The summed E-state index contributed by atoms with van der Waals surface area (Å²) in [7, 11) is 0. The van der Waals surface area contributed by atoms with Crippen LogP contribution in [0.1, 0.15) is 52.3 Å². The molecular formula is C33H39N7O3. The van der Waals surface area contributed by atoms with Crippen LogP contribution in [0.25, 0.3) is 22.5 Å². The van der Waals surface area contributed by atoms with Gasteiger partial charge in [-0.05, 0) is 50.1 Å². The average Bonchev–Trinajstić information content (AvgIpc) is 3.55. The van der Waals surface area contributed by atoms with Gasteiger partial charge in [0.05, 0.1) is 18.4 Å². The van der Waals surface area contributed by atoms with E-state index in [2.05, 4.69) is 20.8 Å². The first kappa shape index (κ1) is 29.8. The summed E-state index contributed by atoms with van der Waals surface area (Å²) < 4.78 is 5.83. The molecule has 0 fully saturated rings. The Morgan fingerprint density at radius 3 is 2.56 bits per heavy atom. The van der Waals surface area contributed by atoms with Gasteiger partial charge in [-0.1, -0.05) is 45.0 Å². The van der Waals surface area contributed by atoms with E-state index in [0.717, 1.165) is 40.1 Å². The Morgan fingerprint density at radius 1 is 1.07 bits per heavy atom. The van der Waals surface area contributed by atoms with Crippen molar-refractivity contribution in [2.24, 2.45) is 5.92 Å². The third kappa shape index (κ3) is 7.20. The van der Waals surface area contributed by atoms with Crippen molar-refractivity contribution >= 4 is 23.3 Å². The van der Waals surface area contributed by atoms with Crippen molar-refractivity contribution in [2.45, 2.75) is 59.5 Å². The summed E-state index contributed by atoms with van der Waals surface area (Å²) in [6, 6.07) is 15.5. The molecule has 0 saturated carbocycles.